The van der Waals surface area contributed by atoms with Crippen molar-refractivity contribution >= 4 is 37.8 Å². The van der Waals surface area contributed by atoms with Crippen LogP contribution in [0.5, 0.6) is 0 Å². The van der Waals surface area contributed by atoms with Gasteiger partial charge in [-0.2, -0.15) is 0 Å². The summed E-state index contributed by atoms with van der Waals surface area (Å²) in [5.74, 6) is 0.700. The molecule has 138 valence electrons. The fraction of sp³-hybridized carbons (Fsp3) is 0.381. The van der Waals surface area contributed by atoms with Crippen molar-refractivity contribution < 1.29 is 4.79 Å². The number of nitrogens with zero attached hydrogens (tertiary/aromatic N) is 1. The first-order chi connectivity index (χ1) is 12.5. The lowest BCUT2D eigenvalue weighted by molar-refractivity contribution is -0.129. The van der Waals surface area contributed by atoms with E-state index in [4.69, 9.17) is 0 Å². The molecule has 26 heavy (non-hydrogen) atoms. The van der Waals surface area contributed by atoms with Crippen molar-refractivity contribution in [3.05, 3.63) is 68.6 Å². The average Bonchev–Trinajstić information content (AvgIpc) is 2.57. The normalized spacial score (nSPS) is 22.1. The minimum atomic E-state index is -0.0143. The Bertz CT molecular complexity index is 692. The number of carbonyl (C=O) groups excluding carboxylic acids is 1. The van der Waals surface area contributed by atoms with Crippen molar-refractivity contribution in [3.8, 4) is 0 Å². The van der Waals surface area contributed by atoms with E-state index in [-0.39, 0.29) is 23.7 Å². The molecule has 1 saturated carbocycles. The zero-order chi connectivity index (χ0) is 18.7. The van der Waals surface area contributed by atoms with E-state index in [0.717, 1.165) is 21.9 Å². The molecule has 3 nitrogen and oxygen atoms in total. The van der Waals surface area contributed by atoms with Crippen molar-refractivity contribution in [3.63, 3.8) is 0 Å². The molecule has 3 rings (SSSR count). The zero-order valence-electron chi connectivity index (χ0n) is 15.1. The fourth-order valence-electron chi connectivity index (χ4n) is 3.64. The molecular weight excluding hydrogens is 456 g/mol. The van der Waals surface area contributed by atoms with Gasteiger partial charge in [0.05, 0.1) is 5.92 Å². The lowest BCUT2D eigenvalue weighted by atomic mass is 9.59. The van der Waals surface area contributed by atoms with E-state index >= 15 is 0 Å². The van der Waals surface area contributed by atoms with Crippen molar-refractivity contribution in [2.75, 3.05) is 27.2 Å². The Labute approximate surface area is 172 Å². The van der Waals surface area contributed by atoms with Crippen molar-refractivity contribution in [2.24, 2.45) is 5.92 Å². The van der Waals surface area contributed by atoms with Crippen LogP contribution >= 0.6 is 31.9 Å². The number of nitrogens with one attached hydrogen (secondary N) is 1. The van der Waals surface area contributed by atoms with Crippen LogP contribution in [0.2, 0.25) is 0 Å². The summed E-state index contributed by atoms with van der Waals surface area (Å²) in [6, 6.07) is 16.8. The Kier molecular flexibility index (Phi) is 6.54. The third kappa shape index (κ3) is 4.56. The number of rotatable bonds is 6. The van der Waals surface area contributed by atoms with Crippen LogP contribution < -0.4 is 5.32 Å². The standard InChI is InChI=1S/C21H24Br2N2O/c1-25(2)12-11-24-21(26)20-18(14-3-7-16(22)8-4-14)13-19(20)15-5-9-17(23)10-6-15/h3-10,18-20H,11-13H2,1-2H3,(H,24,26)/t18-,19+,20?. The van der Waals surface area contributed by atoms with Crippen LogP contribution in [-0.2, 0) is 4.79 Å². The molecule has 2 aromatic carbocycles. The summed E-state index contributed by atoms with van der Waals surface area (Å²) in [4.78, 5) is 15.0. The second-order valence-electron chi connectivity index (χ2n) is 7.17. The molecule has 0 aromatic heterocycles. The number of hydrogen-bond donors (Lipinski definition) is 1. The number of carbonyl (C=O) groups is 1. The molecule has 3 atom stereocenters. The molecule has 1 aliphatic rings. The molecule has 5 heteroatoms. The molecule has 0 heterocycles. The first-order valence-electron chi connectivity index (χ1n) is 8.89. The monoisotopic (exact) mass is 478 g/mol. The summed E-state index contributed by atoms with van der Waals surface area (Å²) in [5.41, 5.74) is 2.49. The number of amides is 1. The van der Waals surface area contributed by atoms with Crippen LogP contribution in [0.25, 0.3) is 0 Å². The maximum Gasteiger partial charge on any atom is 0.224 e. The summed E-state index contributed by atoms with van der Waals surface area (Å²) in [5, 5.41) is 3.14. The van der Waals surface area contributed by atoms with Gasteiger partial charge in [-0.15, -0.1) is 0 Å². The molecule has 1 unspecified atom stereocenters. The number of likely N-dealkylation sites (N-methyl/N-ethyl adjacent to an activating group) is 1. The van der Waals surface area contributed by atoms with E-state index in [1.54, 1.807) is 0 Å². The Morgan fingerprint density at radius 2 is 1.42 bits per heavy atom. The number of halogens is 2. The minimum absolute atomic E-state index is 0.0143. The molecule has 0 bridgehead atoms. The number of benzene rings is 2. The van der Waals surface area contributed by atoms with E-state index in [0.29, 0.717) is 6.54 Å². The van der Waals surface area contributed by atoms with Gasteiger partial charge in [-0.3, -0.25) is 4.79 Å². The van der Waals surface area contributed by atoms with E-state index < -0.39 is 0 Å². The highest BCUT2D eigenvalue weighted by Gasteiger charge is 2.46. The van der Waals surface area contributed by atoms with Gasteiger partial charge in [-0.05, 0) is 67.7 Å². The molecule has 1 fully saturated rings. The molecule has 1 amide bonds. The van der Waals surface area contributed by atoms with Crippen molar-refractivity contribution in [1.29, 1.82) is 0 Å². The summed E-state index contributed by atoms with van der Waals surface area (Å²) in [6.45, 7) is 1.53. The fourth-order valence-corrected chi connectivity index (χ4v) is 4.17. The molecule has 0 aliphatic heterocycles. The van der Waals surface area contributed by atoms with Gasteiger partial charge in [-0.25, -0.2) is 0 Å². The third-order valence-corrected chi connectivity index (χ3v) is 6.19. The maximum absolute atomic E-state index is 13.0. The minimum Gasteiger partial charge on any atom is -0.355 e. The molecule has 1 aliphatic carbocycles. The van der Waals surface area contributed by atoms with Crippen LogP contribution in [0, 0.1) is 5.92 Å². The first-order valence-corrected chi connectivity index (χ1v) is 10.5. The Morgan fingerprint density at radius 1 is 0.962 bits per heavy atom. The quantitative estimate of drug-likeness (QED) is 0.646. The molecule has 2 aromatic rings. The topological polar surface area (TPSA) is 32.3 Å². The van der Waals surface area contributed by atoms with Gasteiger partial charge >= 0.3 is 0 Å². The first kappa shape index (κ1) is 19.6. The van der Waals surface area contributed by atoms with Crippen LogP contribution in [0.15, 0.2) is 57.5 Å². The lowest BCUT2D eigenvalue weighted by Gasteiger charge is -2.44. The van der Waals surface area contributed by atoms with E-state index in [1.165, 1.54) is 11.1 Å². The summed E-state index contributed by atoms with van der Waals surface area (Å²) < 4.78 is 2.13. The van der Waals surface area contributed by atoms with Gasteiger partial charge in [0, 0.05) is 22.0 Å². The van der Waals surface area contributed by atoms with Crippen LogP contribution in [0.1, 0.15) is 29.4 Å². The molecule has 1 N–H and O–H groups in total. The SMILES string of the molecule is CN(C)CCNC(=O)C1[C@@H](c2ccc(Br)cc2)C[C@H]1c1ccc(Br)cc1. The molecular formula is C21H24Br2N2O. The third-order valence-electron chi connectivity index (χ3n) is 5.13. The molecule has 0 radical (unpaired) electrons. The van der Waals surface area contributed by atoms with Crippen molar-refractivity contribution in [1.82, 2.24) is 10.2 Å². The second kappa shape index (κ2) is 8.68. The average molecular weight is 480 g/mol. The van der Waals surface area contributed by atoms with Crippen molar-refractivity contribution in [2.45, 2.75) is 18.3 Å². The van der Waals surface area contributed by atoms with Gasteiger partial charge in [0.25, 0.3) is 0 Å². The van der Waals surface area contributed by atoms with Gasteiger partial charge in [-0.1, -0.05) is 56.1 Å². The zero-order valence-corrected chi connectivity index (χ0v) is 18.3. The molecule has 0 saturated heterocycles. The largest absolute Gasteiger partial charge is 0.355 e. The molecule has 0 spiro atoms. The van der Waals surface area contributed by atoms with Gasteiger partial charge in [0.1, 0.15) is 0 Å². The lowest BCUT2D eigenvalue weighted by Crippen LogP contribution is -2.46. The van der Waals surface area contributed by atoms with Crippen LogP contribution in [0.3, 0.4) is 0 Å². The van der Waals surface area contributed by atoms with Gasteiger partial charge in [0.15, 0.2) is 0 Å². The van der Waals surface area contributed by atoms with Gasteiger partial charge < -0.3 is 10.2 Å². The second-order valence-corrected chi connectivity index (χ2v) is 9.00. The van der Waals surface area contributed by atoms with Crippen LogP contribution in [0.4, 0.5) is 0 Å². The predicted molar refractivity (Wildman–Crippen MR) is 113 cm³/mol. The summed E-state index contributed by atoms with van der Waals surface area (Å²) in [6.07, 6.45) is 1.01. The van der Waals surface area contributed by atoms with Crippen LogP contribution in [-0.4, -0.2) is 38.0 Å². The summed E-state index contributed by atoms with van der Waals surface area (Å²) in [7, 11) is 4.04. The number of hydrogen-bond acceptors (Lipinski definition) is 2. The predicted octanol–water partition coefficient (Wildman–Crippen LogP) is 4.78. The Hall–Kier alpha value is -1.17. The van der Waals surface area contributed by atoms with E-state index in [9.17, 15) is 4.79 Å². The highest BCUT2D eigenvalue weighted by molar-refractivity contribution is 9.10. The highest BCUT2D eigenvalue weighted by atomic mass is 79.9. The smallest absolute Gasteiger partial charge is 0.224 e. The summed E-state index contributed by atoms with van der Waals surface area (Å²) >= 11 is 6.99. The van der Waals surface area contributed by atoms with Gasteiger partial charge in [0.2, 0.25) is 5.91 Å². The van der Waals surface area contributed by atoms with E-state index in [2.05, 4.69) is 90.6 Å². The Balaban J connectivity index is 1.78. The Morgan fingerprint density at radius 3 is 1.85 bits per heavy atom. The maximum atomic E-state index is 13.0. The van der Waals surface area contributed by atoms with E-state index in [1.807, 2.05) is 14.1 Å². The highest BCUT2D eigenvalue weighted by Crippen LogP contribution is 2.53.